The van der Waals surface area contributed by atoms with E-state index in [-0.39, 0.29) is 89.8 Å². The topological polar surface area (TPSA) is 84.0 Å². The van der Waals surface area contributed by atoms with Crippen molar-refractivity contribution in [3.63, 3.8) is 0 Å². The van der Waals surface area contributed by atoms with E-state index in [1.54, 1.807) is 0 Å². The number of amidine groups is 4. The third-order valence-electron chi connectivity index (χ3n) is 8.50. The molecule has 0 saturated carbocycles. The van der Waals surface area contributed by atoms with Gasteiger partial charge < -0.3 is 0 Å². The number of aromatic nitrogens is 2. The van der Waals surface area contributed by atoms with Crippen molar-refractivity contribution in [2.24, 2.45) is 30.0 Å². The van der Waals surface area contributed by atoms with Gasteiger partial charge in [0.2, 0.25) is 0 Å². The molecule has 6 bridgehead atoms. The van der Waals surface area contributed by atoms with E-state index in [1.165, 1.54) is 5.58 Å². The second-order valence-electron chi connectivity index (χ2n) is 11.2. The van der Waals surface area contributed by atoms with E-state index >= 15 is 17.6 Å². The average Bonchev–Trinajstić information content (AvgIpc) is 3.76. The summed E-state index contributed by atoms with van der Waals surface area (Å²) in [7, 11) is 0. The number of aliphatic imine (C=N–C) groups is 4. The Morgan fingerprint density at radius 1 is 0.367 bits per heavy atom. The molecular formula is C32H8F8N8Sn. The molecular weight excluding hydrogens is 767 g/mol. The quantitative estimate of drug-likeness (QED) is 0.143. The van der Waals surface area contributed by atoms with Crippen molar-refractivity contribution in [3.8, 4) is 0 Å². The van der Waals surface area contributed by atoms with Gasteiger partial charge in [-0.05, 0) is 0 Å². The summed E-state index contributed by atoms with van der Waals surface area (Å²) in [4.78, 5) is 26.8. The van der Waals surface area contributed by atoms with Crippen LogP contribution >= 0.6 is 0 Å². The van der Waals surface area contributed by atoms with Crippen molar-refractivity contribution >= 4 is 78.2 Å². The van der Waals surface area contributed by atoms with E-state index in [1.807, 2.05) is 0 Å². The molecule has 0 spiro atoms. The van der Waals surface area contributed by atoms with Crippen molar-refractivity contribution in [3.05, 3.63) is 128 Å². The number of halogens is 8. The molecule has 49 heavy (non-hydrogen) atoms. The van der Waals surface area contributed by atoms with E-state index in [9.17, 15) is 17.6 Å². The van der Waals surface area contributed by atoms with Crippen LogP contribution in [0.2, 0.25) is 0 Å². The van der Waals surface area contributed by atoms with Crippen LogP contribution in [0.4, 0.5) is 46.8 Å². The van der Waals surface area contributed by atoms with Gasteiger partial charge in [0, 0.05) is 0 Å². The molecule has 6 aromatic rings. The van der Waals surface area contributed by atoms with E-state index < -0.39 is 68.2 Å². The Kier molecular flexibility index (Phi) is 5.55. The zero-order valence-electron chi connectivity index (χ0n) is 23.7. The number of nitrogens with zero attached hydrogens (tertiary/aromatic N) is 8. The summed E-state index contributed by atoms with van der Waals surface area (Å²) in [5.74, 6) is -10.5. The van der Waals surface area contributed by atoms with Crippen LogP contribution < -0.4 is 11.0 Å². The monoisotopic (exact) mass is 776 g/mol. The Morgan fingerprint density at radius 3 is 1.06 bits per heavy atom. The Morgan fingerprint density at radius 2 is 0.694 bits per heavy atom. The Labute approximate surface area is 276 Å². The minimum absolute atomic E-state index is 0.0404. The molecule has 4 aromatic carbocycles. The molecule has 8 nitrogen and oxygen atoms in total. The summed E-state index contributed by atoms with van der Waals surface area (Å²) in [6.45, 7) is 0. The molecule has 236 valence electrons. The molecule has 0 aliphatic carbocycles. The van der Waals surface area contributed by atoms with Crippen molar-refractivity contribution in [2.45, 2.75) is 0 Å². The molecule has 0 saturated heterocycles. The molecule has 0 N–H and O–H groups in total. The molecule has 2 aromatic heterocycles. The zero-order chi connectivity index (χ0) is 33.6. The summed E-state index contributed by atoms with van der Waals surface area (Å²) in [5, 5.41) is -0.161. The van der Waals surface area contributed by atoms with Crippen molar-refractivity contribution in [1.82, 2.24) is 5.58 Å². The van der Waals surface area contributed by atoms with Gasteiger partial charge in [-0.2, -0.15) is 0 Å². The number of fused-ring (bicyclic) bond motifs is 14. The summed E-state index contributed by atoms with van der Waals surface area (Å²) in [5.41, 5.74) is -1.77. The third-order valence-corrected chi connectivity index (χ3v) is 12.1. The number of rotatable bonds is 0. The summed E-state index contributed by atoms with van der Waals surface area (Å²) in [6, 6.07) is 6.78. The van der Waals surface area contributed by atoms with Gasteiger partial charge in [-0.3, -0.25) is 0 Å². The van der Waals surface area contributed by atoms with Gasteiger partial charge in [0.05, 0.1) is 0 Å². The van der Waals surface area contributed by atoms with Crippen LogP contribution in [-0.2, 0) is 0 Å². The van der Waals surface area contributed by atoms with Gasteiger partial charge in [0.15, 0.2) is 0 Å². The summed E-state index contributed by atoms with van der Waals surface area (Å²) < 4.78 is 124. The van der Waals surface area contributed by atoms with Crippen LogP contribution in [0.5, 0.6) is 0 Å². The van der Waals surface area contributed by atoms with Crippen LogP contribution in [-0.4, -0.2) is 50.6 Å². The van der Waals surface area contributed by atoms with Crippen LogP contribution in [0, 0.1) is 46.5 Å². The second kappa shape index (κ2) is 9.55. The Hall–Kier alpha value is -5.52. The molecule has 17 heteroatoms. The fraction of sp³-hybridized carbons (Fsp3) is 0. The van der Waals surface area contributed by atoms with Gasteiger partial charge >= 0.3 is 277 Å². The molecule has 2 radical (unpaired) electrons. The number of benzene rings is 4. The number of hydrogen-bond acceptors (Lipinski definition) is 6. The van der Waals surface area contributed by atoms with Crippen LogP contribution in [0.25, 0.3) is 21.5 Å². The Balaban J connectivity index is 1.50. The SMILES string of the molecule is Fc1cc2c3[n]4c(c2cc1F)N=C1N=C(N=c2c5cc(F)c(F)cc5c([n]2[Sn]4)=NC2=NC(=N3)c3c(F)ccc(F)c32)c2c(F)ccc(F)c21. The third kappa shape index (κ3) is 3.74. The number of hydrogen-bond donors (Lipinski definition) is 0. The van der Waals surface area contributed by atoms with Crippen LogP contribution in [0.1, 0.15) is 22.3 Å². The standard InChI is InChI=1S/C32H8F8N8.Sn/c33-13-1-2-14(34)22-21(13)29-43-25-9-5-17(37)18(38)6-10(9)27(41-25)45-31-23-15(35)3-4-16(36)24(23)32(48-31)46-28-12-8-20(40)19(39)7-11(12)26(42-28)44-30(22)47-29;/h1-8H;/q-2;+2. The fourth-order valence-electron chi connectivity index (χ4n) is 6.37. The predicted molar refractivity (Wildman–Crippen MR) is 161 cm³/mol. The minimum atomic E-state index is -2.71. The molecule has 0 atom stereocenters. The van der Waals surface area contributed by atoms with Crippen LogP contribution in [0.3, 0.4) is 0 Å². The zero-order valence-corrected chi connectivity index (χ0v) is 26.6. The summed E-state index contributed by atoms with van der Waals surface area (Å²) >= 11 is -2.71. The van der Waals surface area contributed by atoms with Gasteiger partial charge in [-0.25, -0.2) is 0 Å². The van der Waals surface area contributed by atoms with E-state index in [4.69, 9.17) is 0 Å². The van der Waals surface area contributed by atoms with E-state index in [0.717, 1.165) is 48.5 Å². The summed E-state index contributed by atoms with van der Waals surface area (Å²) in [6.07, 6.45) is 0. The van der Waals surface area contributed by atoms with Crippen molar-refractivity contribution < 1.29 is 35.1 Å². The van der Waals surface area contributed by atoms with Crippen molar-refractivity contribution in [1.29, 1.82) is 0 Å². The molecule has 4 aliphatic rings. The molecule has 0 unspecified atom stereocenters. The molecule has 0 amide bonds. The van der Waals surface area contributed by atoms with Gasteiger partial charge in [-0.15, -0.1) is 0 Å². The average molecular weight is 775 g/mol. The maximum absolute atomic E-state index is 15.5. The van der Waals surface area contributed by atoms with E-state index in [0.29, 0.717) is 0 Å². The van der Waals surface area contributed by atoms with Gasteiger partial charge in [-0.1, -0.05) is 0 Å². The van der Waals surface area contributed by atoms with Crippen LogP contribution in [0.15, 0.2) is 78.5 Å². The Bertz CT molecular complexity index is 2710. The normalized spacial score (nSPS) is 15.3. The van der Waals surface area contributed by atoms with Gasteiger partial charge in [0.25, 0.3) is 0 Å². The van der Waals surface area contributed by atoms with E-state index in [2.05, 4.69) is 30.0 Å². The second-order valence-corrected chi connectivity index (χ2v) is 14.3. The molecule has 6 heterocycles. The first-order chi connectivity index (χ1) is 23.6. The first kappa shape index (κ1) is 28.5. The molecule has 4 aliphatic heterocycles. The van der Waals surface area contributed by atoms with Crippen molar-refractivity contribution in [2.75, 3.05) is 0 Å². The maximum atomic E-state index is 15.5. The predicted octanol–water partition coefficient (Wildman–Crippen LogP) is 5.58. The molecule has 10 rings (SSSR count). The van der Waals surface area contributed by atoms with Gasteiger partial charge in [0.1, 0.15) is 0 Å². The fourth-order valence-corrected chi connectivity index (χ4v) is 9.97. The first-order valence-electron chi connectivity index (χ1n) is 14.2. The first-order valence-corrected chi connectivity index (χ1v) is 16.7. The molecule has 0 fully saturated rings.